The Morgan fingerprint density at radius 1 is 1.26 bits per heavy atom. The second kappa shape index (κ2) is 6.10. The summed E-state index contributed by atoms with van der Waals surface area (Å²) in [6.07, 6.45) is 5.98. The van der Waals surface area contributed by atoms with Crippen molar-refractivity contribution < 1.29 is 0 Å². The summed E-state index contributed by atoms with van der Waals surface area (Å²) in [6.45, 7) is 2.81. The van der Waals surface area contributed by atoms with Gasteiger partial charge in [0.25, 0.3) is 5.56 Å². The first-order chi connectivity index (χ1) is 13.2. The van der Waals surface area contributed by atoms with Gasteiger partial charge in [-0.1, -0.05) is 36.7 Å². The van der Waals surface area contributed by atoms with E-state index in [1.165, 1.54) is 16.5 Å². The minimum Gasteiger partial charge on any atom is -0.360 e. The molecule has 0 radical (unpaired) electrons. The van der Waals surface area contributed by atoms with Gasteiger partial charge >= 0.3 is 0 Å². The molecule has 0 bridgehead atoms. The molecule has 0 atom stereocenters. The predicted molar refractivity (Wildman–Crippen MR) is 111 cm³/mol. The Bertz CT molecular complexity index is 1300. The Labute approximate surface area is 161 Å². The van der Waals surface area contributed by atoms with Crippen LogP contribution in [0.2, 0.25) is 5.02 Å². The Morgan fingerprint density at radius 3 is 3.00 bits per heavy atom. The van der Waals surface area contributed by atoms with Crippen LogP contribution in [0.25, 0.3) is 33.5 Å². The topological polar surface area (TPSA) is 50.7 Å². The molecule has 5 heteroatoms. The van der Waals surface area contributed by atoms with Crippen LogP contribution in [0.5, 0.6) is 0 Å². The zero-order chi connectivity index (χ0) is 18.5. The van der Waals surface area contributed by atoms with Crippen LogP contribution in [-0.4, -0.2) is 14.5 Å². The van der Waals surface area contributed by atoms with E-state index in [4.69, 9.17) is 16.6 Å². The summed E-state index contributed by atoms with van der Waals surface area (Å²) in [5.41, 5.74) is 5.38. The number of nitrogens with one attached hydrogen (secondary N) is 1. The number of benzene rings is 2. The van der Waals surface area contributed by atoms with Gasteiger partial charge in [-0.3, -0.25) is 9.36 Å². The highest BCUT2D eigenvalue weighted by atomic mass is 35.5. The highest BCUT2D eigenvalue weighted by Crippen LogP contribution is 2.31. The maximum Gasteiger partial charge on any atom is 0.261 e. The second-order valence-corrected chi connectivity index (χ2v) is 7.35. The summed E-state index contributed by atoms with van der Waals surface area (Å²) in [4.78, 5) is 21.0. The van der Waals surface area contributed by atoms with Gasteiger partial charge in [0.15, 0.2) is 0 Å². The number of fused-ring (bicyclic) bond motifs is 3. The third-order valence-electron chi connectivity index (χ3n) is 5.35. The number of nitrogens with zero attached hydrogens (tertiary/aromatic N) is 2. The molecule has 27 heavy (non-hydrogen) atoms. The first-order valence-electron chi connectivity index (χ1n) is 9.15. The van der Waals surface area contributed by atoms with Gasteiger partial charge < -0.3 is 4.98 Å². The molecule has 2 aromatic carbocycles. The summed E-state index contributed by atoms with van der Waals surface area (Å²) < 4.78 is 1.76. The quantitative estimate of drug-likeness (QED) is 0.533. The van der Waals surface area contributed by atoms with Crippen molar-refractivity contribution in [3.8, 4) is 0 Å². The molecule has 0 fully saturated rings. The van der Waals surface area contributed by atoms with Gasteiger partial charge in [0.05, 0.1) is 10.9 Å². The molecule has 5 rings (SSSR count). The summed E-state index contributed by atoms with van der Waals surface area (Å²) in [6, 6.07) is 11.7. The van der Waals surface area contributed by atoms with Crippen LogP contribution in [-0.2, 0) is 13.0 Å². The molecule has 134 valence electrons. The fourth-order valence-corrected chi connectivity index (χ4v) is 4.14. The monoisotopic (exact) mass is 375 g/mol. The number of H-pyrrole nitrogens is 1. The first kappa shape index (κ1) is 16.3. The van der Waals surface area contributed by atoms with Crippen LogP contribution in [0.15, 0.2) is 47.4 Å². The van der Waals surface area contributed by atoms with Crippen molar-refractivity contribution in [2.75, 3.05) is 0 Å². The normalized spacial score (nSPS) is 15.1. The van der Waals surface area contributed by atoms with Crippen molar-refractivity contribution in [1.82, 2.24) is 14.5 Å². The van der Waals surface area contributed by atoms with Gasteiger partial charge in [-0.25, -0.2) is 4.98 Å². The van der Waals surface area contributed by atoms with Crippen LogP contribution in [0.3, 0.4) is 0 Å². The maximum atomic E-state index is 12.8. The molecule has 4 aromatic rings. The molecular weight excluding hydrogens is 358 g/mol. The van der Waals surface area contributed by atoms with Gasteiger partial charge in [-0.15, -0.1) is 0 Å². The van der Waals surface area contributed by atoms with Gasteiger partial charge in [-0.2, -0.15) is 0 Å². The zero-order valence-electron chi connectivity index (χ0n) is 14.9. The molecule has 0 amide bonds. The van der Waals surface area contributed by atoms with Crippen LogP contribution < -0.4 is 5.56 Å². The minimum atomic E-state index is -0.0203. The van der Waals surface area contributed by atoms with E-state index < -0.39 is 0 Å². The van der Waals surface area contributed by atoms with Crippen molar-refractivity contribution in [1.29, 1.82) is 0 Å². The third kappa shape index (κ3) is 2.52. The molecule has 2 aromatic heterocycles. The third-order valence-corrected chi connectivity index (χ3v) is 5.59. The standard InChI is InChI=1S/C22H18ClN3O/c1-2-13-4-3-5-17-15(12-24-20(13)17)10-14-8-9-26-21(14)25-19-7-6-16(23)11-18(19)22(26)27/h3-7,10-12,24H,2,8-9H2,1H3/b14-10+. The van der Waals surface area contributed by atoms with E-state index in [9.17, 15) is 4.79 Å². The maximum absolute atomic E-state index is 12.8. The number of aromatic amines is 1. The molecule has 3 heterocycles. The molecule has 4 nitrogen and oxygen atoms in total. The van der Waals surface area contributed by atoms with Gasteiger partial charge in [0.1, 0.15) is 5.82 Å². The number of aryl methyl sites for hydroxylation is 1. The molecule has 0 unspecified atom stereocenters. The van der Waals surface area contributed by atoms with Gasteiger partial charge in [-0.05, 0) is 48.3 Å². The average Bonchev–Trinajstić information content (AvgIpc) is 3.27. The zero-order valence-corrected chi connectivity index (χ0v) is 15.7. The smallest absolute Gasteiger partial charge is 0.261 e. The highest BCUT2D eigenvalue weighted by Gasteiger charge is 2.21. The van der Waals surface area contributed by atoms with Crippen molar-refractivity contribution in [2.24, 2.45) is 0 Å². The lowest BCUT2D eigenvalue weighted by Crippen LogP contribution is -2.20. The molecule has 0 spiro atoms. The van der Waals surface area contributed by atoms with Crippen LogP contribution >= 0.6 is 11.6 Å². The lowest BCUT2D eigenvalue weighted by Gasteiger charge is -2.06. The Morgan fingerprint density at radius 2 is 2.15 bits per heavy atom. The average molecular weight is 376 g/mol. The van der Waals surface area contributed by atoms with Crippen LogP contribution in [0, 0.1) is 0 Å². The van der Waals surface area contributed by atoms with Gasteiger partial charge in [0.2, 0.25) is 0 Å². The lowest BCUT2D eigenvalue weighted by atomic mass is 10.0. The highest BCUT2D eigenvalue weighted by molar-refractivity contribution is 6.31. The fraction of sp³-hybridized carbons (Fsp3) is 0.182. The van der Waals surface area contributed by atoms with E-state index in [1.54, 1.807) is 16.7 Å². The van der Waals surface area contributed by atoms with Crippen LogP contribution in [0.4, 0.5) is 0 Å². The SMILES string of the molecule is CCc1cccc2c(/C=C3\CCn4c3nc3ccc(Cl)cc3c4=O)c[nH]c12. The van der Waals surface area contributed by atoms with E-state index in [2.05, 4.69) is 36.2 Å². The Balaban J connectivity index is 1.69. The summed E-state index contributed by atoms with van der Waals surface area (Å²) in [5, 5.41) is 2.34. The summed E-state index contributed by atoms with van der Waals surface area (Å²) in [7, 11) is 0. The van der Waals surface area contributed by atoms with Crippen LogP contribution in [0.1, 0.15) is 30.3 Å². The van der Waals surface area contributed by atoms with E-state index >= 15 is 0 Å². The molecular formula is C22H18ClN3O. The largest absolute Gasteiger partial charge is 0.360 e. The number of para-hydroxylation sites is 1. The number of aromatic nitrogens is 3. The summed E-state index contributed by atoms with van der Waals surface area (Å²) in [5.74, 6) is 0.760. The second-order valence-electron chi connectivity index (χ2n) is 6.91. The van der Waals surface area contributed by atoms with Gasteiger partial charge in [0, 0.05) is 34.2 Å². The fourth-order valence-electron chi connectivity index (χ4n) is 3.97. The lowest BCUT2D eigenvalue weighted by molar-refractivity contribution is 0.725. The van der Waals surface area contributed by atoms with E-state index in [-0.39, 0.29) is 5.56 Å². The minimum absolute atomic E-state index is 0.0203. The number of hydrogen-bond acceptors (Lipinski definition) is 2. The molecule has 0 saturated carbocycles. The number of hydrogen-bond donors (Lipinski definition) is 1. The molecule has 0 saturated heterocycles. The van der Waals surface area contributed by atoms with Crippen molar-refractivity contribution >= 4 is 45.1 Å². The first-order valence-corrected chi connectivity index (χ1v) is 9.53. The van der Waals surface area contributed by atoms with Crippen molar-refractivity contribution in [2.45, 2.75) is 26.3 Å². The number of halogens is 1. The number of allylic oxidation sites excluding steroid dienone is 1. The van der Waals surface area contributed by atoms with E-state index in [1.807, 2.05) is 12.3 Å². The molecule has 0 aliphatic carbocycles. The molecule has 1 aliphatic rings. The van der Waals surface area contributed by atoms with Crippen molar-refractivity contribution in [3.05, 3.63) is 74.9 Å². The molecule has 1 N–H and O–H groups in total. The predicted octanol–water partition coefficient (Wildman–Crippen LogP) is 5.04. The molecule has 1 aliphatic heterocycles. The van der Waals surface area contributed by atoms with Crippen molar-refractivity contribution in [3.63, 3.8) is 0 Å². The Kier molecular flexibility index (Phi) is 3.69. The van der Waals surface area contributed by atoms with E-state index in [0.29, 0.717) is 22.5 Å². The Hall–Kier alpha value is -2.85. The number of rotatable bonds is 2. The summed E-state index contributed by atoms with van der Waals surface area (Å²) >= 11 is 6.05. The van der Waals surface area contributed by atoms with E-state index in [0.717, 1.165) is 29.8 Å².